The number of ketones is 1. The van der Waals surface area contributed by atoms with Gasteiger partial charge in [-0.25, -0.2) is 17.9 Å². The number of carboxylic acid groups (broad SMARTS) is 1. The molecule has 1 aliphatic carbocycles. The van der Waals surface area contributed by atoms with Crippen molar-refractivity contribution < 1.29 is 27.9 Å². The lowest BCUT2D eigenvalue weighted by Crippen LogP contribution is -2.49. The predicted molar refractivity (Wildman–Crippen MR) is 140 cm³/mol. The first kappa shape index (κ1) is 27.3. The highest BCUT2D eigenvalue weighted by molar-refractivity contribution is 7.90. The van der Waals surface area contributed by atoms with Crippen molar-refractivity contribution in [3.8, 4) is 0 Å². The molecule has 2 atom stereocenters. The molecule has 2 fully saturated rings. The van der Waals surface area contributed by atoms with E-state index in [1.54, 1.807) is 62.4 Å². The Morgan fingerprint density at radius 2 is 1.54 bits per heavy atom. The van der Waals surface area contributed by atoms with Crippen molar-refractivity contribution in [2.24, 2.45) is 5.92 Å². The van der Waals surface area contributed by atoms with Crippen LogP contribution in [0.2, 0.25) is 0 Å². The lowest BCUT2D eigenvalue weighted by molar-refractivity contribution is -0.134. The van der Waals surface area contributed by atoms with Gasteiger partial charge in [-0.2, -0.15) is 0 Å². The number of rotatable bonds is 9. The van der Waals surface area contributed by atoms with Crippen LogP contribution in [0.25, 0.3) is 0 Å². The van der Waals surface area contributed by atoms with Crippen LogP contribution in [0.1, 0.15) is 68.7 Å². The van der Waals surface area contributed by atoms with E-state index in [0.29, 0.717) is 23.5 Å². The number of ether oxygens (including phenoxy) is 1. The van der Waals surface area contributed by atoms with Gasteiger partial charge >= 0.3 is 6.09 Å². The highest BCUT2D eigenvalue weighted by Crippen LogP contribution is 2.39. The van der Waals surface area contributed by atoms with Crippen LogP contribution in [0.5, 0.6) is 0 Å². The van der Waals surface area contributed by atoms with Gasteiger partial charge in [0, 0.05) is 0 Å². The van der Waals surface area contributed by atoms with E-state index in [2.05, 4.69) is 4.72 Å². The van der Waals surface area contributed by atoms with Crippen LogP contribution in [-0.4, -0.2) is 54.7 Å². The topological polar surface area (TPSA) is 113 Å². The van der Waals surface area contributed by atoms with Gasteiger partial charge in [-0.05, 0) is 37.3 Å². The van der Waals surface area contributed by atoms with Crippen molar-refractivity contribution in [1.82, 2.24) is 9.62 Å². The zero-order chi connectivity index (χ0) is 26.6. The third kappa shape index (κ3) is 6.22. The van der Waals surface area contributed by atoms with E-state index in [9.17, 15) is 23.1 Å². The van der Waals surface area contributed by atoms with Crippen molar-refractivity contribution in [1.29, 1.82) is 0 Å². The lowest BCUT2D eigenvalue weighted by atomic mass is 9.83. The second-order valence-corrected chi connectivity index (χ2v) is 12.3. The van der Waals surface area contributed by atoms with Gasteiger partial charge in [-0.15, -0.1) is 0 Å². The molecule has 1 saturated heterocycles. The minimum atomic E-state index is -4.01. The van der Waals surface area contributed by atoms with E-state index >= 15 is 0 Å². The van der Waals surface area contributed by atoms with E-state index in [-0.39, 0.29) is 0 Å². The van der Waals surface area contributed by atoms with Gasteiger partial charge in [0.1, 0.15) is 17.1 Å². The molecule has 4 rings (SSSR count). The van der Waals surface area contributed by atoms with Crippen LogP contribution in [0.15, 0.2) is 60.7 Å². The maximum atomic E-state index is 13.5. The molecular weight excluding hydrogens is 492 g/mol. The maximum absolute atomic E-state index is 13.5. The Labute approximate surface area is 219 Å². The summed E-state index contributed by atoms with van der Waals surface area (Å²) >= 11 is 0. The minimum Gasteiger partial charge on any atom is -0.465 e. The average molecular weight is 529 g/mol. The maximum Gasteiger partial charge on any atom is 0.409 e. The average Bonchev–Trinajstić information content (AvgIpc) is 3.14. The van der Waals surface area contributed by atoms with Gasteiger partial charge in [-0.3, -0.25) is 9.69 Å². The number of Topliss-reactive ketones (excluding diaryl/α,β-unsaturated/α-hetero) is 1. The smallest absolute Gasteiger partial charge is 0.409 e. The molecule has 0 aromatic heterocycles. The molecule has 0 radical (unpaired) electrons. The normalized spacial score (nSPS) is 22.3. The SMILES string of the molecule is CC1(C)O[C@@H](C(=O)CNS(=O)(=O)C(c2ccccc2)c2ccccc2)[C@H](CC2CCCCC2)N1C(=O)O. The fourth-order valence-corrected chi connectivity index (χ4v) is 7.33. The van der Waals surface area contributed by atoms with Crippen molar-refractivity contribution in [2.45, 2.75) is 75.5 Å². The van der Waals surface area contributed by atoms with Gasteiger partial charge in [0.2, 0.25) is 10.0 Å². The highest BCUT2D eigenvalue weighted by atomic mass is 32.2. The Morgan fingerprint density at radius 3 is 2.05 bits per heavy atom. The van der Waals surface area contributed by atoms with Gasteiger partial charge in [0.25, 0.3) is 0 Å². The molecule has 0 spiro atoms. The third-order valence-corrected chi connectivity index (χ3v) is 9.17. The number of carbonyl (C=O) groups excluding carboxylic acids is 1. The van der Waals surface area contributed by atoms with Gasteiger partial charge in [0.15, 0.2) is 5.78 Å². The molecule has 8 nitrogen and oxygen atoms in total. The summed E-state index contributed by atoms with van der Waals surface area (Å²) in [5.41, 5.74) is -0.0284. The van der Waals surface area contributed by atoms with Crippen LogP contribution in [0.3, 0.4) is 0 Å². The standard InChI is InChI=1S/C28H36N2O6S/c1-28(2)30(27(32)33)23(18-20-12-6-3-7-13-20)25(36-28)24(31)19-29-37(34,35)26(21-14-8-4-9-15-21)22-16-10-5-11-17-22/h4-5,8-11,14-17,20,23,25-26,29H,3,6-7,12-13,18-19H2,1-2H3,(H,32,33)/t23-,25+/m0/s1. The third-order valence-electron chi connectivity index (χ3n) is 7.46. The first-order valence-electron chi connectivity index (χ1n) is 12.9. The lowest BCUT2D eigenvalue weighted by Gasteiger charge is -2.33. The first-order chi connectivity index (χ1) is 17.6. The molecular formula is C28H36N2O6S. The van der Waals surface area contributed by atoms with Crippen molar-refractivity contribution in [2.75, 3.05) is 6.54 Å². The van der Waals surface area contributed by atoms with E-state index < -0.39 is 51.6 Å². The summed E-state index contributed by atoms with van der Waals surface area (Å²) in [4.78, 5) is 26.8. The van der Waals surface area contributed by atoms with Crippen molar-refractivity contribution >= 4 is 21.9 Å². The Balaban J connectivity index is 1.55. The molecule has 0 unspecified atom stereocenters. The second kappa shape index (κ2) is 11.3. The van der Waals surface area contributed by atoms with Gasteiger partial charge in [0.05, 0.1) is 12.6 Å². The van der Waals surface area contributed by atoms with Gasteiger partial charge in [-0.1, -0.05) is 92.8 Å². The number of nitrogens with zero attached hydrogens (tertiary/aromatic N) is 1. The summed E-state index contributed by atoms with van der Waals surface area (Å²) in [6, 6.07) is 17.0. The number of nitrogens with one attached hydrogen (secondary N) is 1. The first-order valence-corrected chi connectivity index (χ1v) is 14.5. The molecule has 1 amide bonds. The monoisotopic (exact) mass is 528 g/mol. The minimum absolute atomic E-state index is 0.311. The molecule has 0 bridgehead atoms. The summed E-state index contributed by atoms with van der Waals surface area (Å²) < 4.78 is 35.6. The molecule has 2 N–H and O–H groups in total. The largest absolute Gasteiger partial charge is 0.465 e. The van der Waals surface area contributed by atoms with Crippen LogP contribution < -0.4 is 4.72 Å². The highest BCUT2D eigenvalue weighted by Gasteiger charge is 2.53. The predicted octanol–water partition coefficient (Wildman–Crippen LogP) is 4.72. The zero-order valence-corrected chi connectivity index (χ0v) is 22.2. The summed E-state index contributed by atoms with van der Waals surface area (Å²) in [5, 5.41) is 8.95. The number of benzene rings is 2. The molecule has 2 aliphatic rings. The molecule has 1 heterocycles. The quantitative estimate of drug-likeness (QED) is 0.487. The van der Waals surface area contributed by atoms with E-state index in [1.807, 2.05) is 12.1 Å². The van der Waals surface area contributed by atoms with Crippen LogP contribution in [0.4, 0.5) is 4.79 Å². The van der Waals surface area contributed by atoms with Crippen LogP contribution >= 0.6 is 0 Å². The summed E-state index contributed by atoms with van der Waals surface area (Å²) in [7, 11) is -4.01. The van der Waals surface area contributed by atoms with Crippen LogP contribution in [0, 0.1) is 5.92 Å². The van der Waals surface area contributed by atoms with E-state index in [1.165, 1.54) is 11.3 Å². The number of hydrogen-bond acceptors (Lipinski definition) is 5. The van der Waals surface area contributed by atoms with Crippen LogP contribution in [-0.2, 0) is 19.6 Å². The van der Waals surface area contributed by atoms with E-state index in [4.69, 9.17) is 4.74 Å². The van der Waals surface area contributed by atoms with Crippen molar-refractivity contribution in [3.63, 3.8) is 0 Å². The Morgan fingerprint density at radius 1 is 1.00 bits per heavy atom. The molecule has 9 heteroatoms. The second-order valence-electron chi connectivity index (χ2n) is 10.5. The molecule has 2 aromatic rings. The Bertz CT molecular complexity index is 1140. The molecule has 1 aliphatic heterocycles. The molecule has 200 valence electrons. The number of carbonyl (C=O) groups is 2. The molecule has 1 saturated carbocycles. The number of sulfonamides is 1. The summed E-state index contributed by atoms with van der Waals surface area (Å²) in [6.07, 6.45) is 3.68. The fourth-order valence-electron chi connectivity index (χ4n) is 5.79. The summed E-state index contributed by atoms with van der Waals surface area (Å²) in [6.45, 7) is 2.79. The number of amides is 1. The van der Waals surface area contributed by atoms with Gasteiger partial charge < -0.3 is 9.84 Å². The number of hydrogen-bond donors (Lipinski definition) is 2. The Kier molecular flexibility index (Phi) is 8.36. The zero-order valence-electron chi connectivity index (χ0n) is 21.4. The van der Waals surface area contributed by atoms with E-state index in [0.717, 1.165) is 25.7 Å². The Hall–Kier alpha value is -2.75. The molecule has 2 aromatic carbocycles. The summed E-state index contributed by atoms with van der Waals surface area (Å²) in [5.74, 6) is -0.160. The van der Waals surface area contributed by atoms with Crippen molar-refractivity contribution in [3.05, 3.63) is 71.8 Å². The fraction of sp³-hybridized carbons (Fsp3) is 0.500. The molecule has 37 heavy (non-hydrogen) atoms.